The minimum Gasteiger partial charge on any atom is -0.480 e. The number of carboxylic acids is 1. The number of carbonyl (C=O) groups excluding carboxylic acids is 1. The van der Waals surface area contributed by atoms with E-state index in [-0.39, 0.29) is 25.0 Å². The zero-order valence-electron chi connectivity index (χ0n) is 13.9. The Bertz CT molecular complexity index is 749. The summed E-state index contributed by atoms with van der Waals surface area (Å²) < 4.78 is 12.6. The first-order chi connectivity index (χ1) is 12.1. The molecule has 134 valence electrons. The number of amides is 1. The van der Waals surface area contributed by atoms with Gasteiger partial charge in [-0.15, -0.1) is 0 Å². The predicted molar refractivity (Wildman–Crippen MR) is 92.6 cm³/mol. The van der Waals surface area contributed by atoms with E-state index < -0.39 is 5.97 Å². The molecule has 0 spiro atoms. The van der Waals surface area contributed by atoms with Crippen LogP contribution < -0.4 is 5.32 Å². The Hall–Kier alpha value is -2.38. The molecule has 0 radical (unpaired) electrons. The van der Waals surface area contributed by atoms with Crippen LogP contribution in [0, 0.1) is 0 Å². The number of benzene rings is 1. The summed E-state index contributed by atoms with van der Waals surface area (Å²) in [7, 11) is 0. The standard InChI is InChI=1S/C18H22N2O5/c21-17(6-9-24-12-15-2-1-8-25-15)19-14-3-4-16-13(10-14)5-7-20(16)11-18(22)23/h3-5,7,10,15H,1-2,6,8-9,11-12H2,(H,19,21)(H,22,23). The first-order valence-corrected chi connectivity index (χ1v) is 8.42. The van der Waals surface area contributed by atoms with Gasteiger partial charge >= 0.3 is 5.97 Å². The average molecular weight is 346 g/mol. The lowest BCUT2D eigenvalue weighted by Crippen LogP contribution is -2.18. The van der Waals surface area contributed by atoms with Gasteiger partial charge in [-0.2, -0.15) is 0 Å². The Morgan fingerprint density at radius 3 is 3.00 bits per heavy atom. The number of anilines is 1. The summed E-state index contributed by atoms with van der Waals surface area (Å²) in [5.74, 6) is -1.01. The number of nitrogens with one attached hydrogen (secondary N) is 1. The molecule has 25 heavy (non-hydrogen) atoms. The highest BCUT2D eigenvalue weighted by atomic mass is 16.5. The minimum atomic E-state index is -0.891. The molecule has 3 rings (SSSR count). The maximum atomic E-state index is 12.0. The van der Waals surface area contributed by atoms with E-state index in [9.17, 15) is 9.59 Å². The van der Waals surface area contributed by atoms with Crippen molar-refractivity contribution in [2.24, 2.45) is 0 Å². The van der Waals surface area contributed by atoms with Crippen LogP contribution in [0.15, 0.2) is 30.5 Å². The number of aliphatic carboxylic acids is 1. The highest BCUT2D eigenvalue weighted by Crippen LogP contribution is 2.20. The number of fused-ring (bicyclic) bond motifs is 1. The van der Waals surface area contributed by atoms with Gasteiger partial charge in [0.15, 0.2) is 0 Å². The Morgan fingerprint density at radius 2 is 2.24 bits per heavy atom. The first-order valence-electron chi connectivity index (χ1n) is 8.42. The van der Waals surface area contributed by atoms with Crippen molar-refractivity contribution in [3.8, 4) is 0 Å². The Kier molecular flexibility index (Phi) is 5.67. The number of nitrogens with zero attached hydrogens (tertiary/aromatic N) is 1. The molecule has 1 atom stereocenters. The molecule has 1 saturated heterocycles. The minimum absolute atomic E-state index is 0.0861. The molecule has 2 N–H and O–H groups in total. The third-order valence-corrected chi connectivity index (χ3v) is 4.16. The van der Waals surface area contributed by atoms with Gasteiger partial charge in [0.2, 0.25) is 5.91 Å². The van der Waals surface area contributed by atoms with Crippen LogP contribution in [0.5, 0.6) is 0 Å². The van der Waals surface area contributed by atoms with Gasteiger partial charge in [-0.25, -0.2) is 0 Å². The maximum Gasteiger partial charge on any atom is 0.323 e. The third-order valence-electron chi connectivity index (χ3n) is 4.16. The molecule has 7 heteroatoms. The summed E-state index contributed by atoms with van der Waals surface area (Å²) in [5.41, 5.74) is 1.50. The molecular formula is C18H22N2O5. The van der Waals surface area contributed by atoms with Gasteiger partial charge in [-0.1, -0.05) is 0 Å². The molecule has 1 aliphatic rings. The number of ether oxygens (including phenoxy) is 2. The predicted octanol–water partition coefficient (Wildman–Crippen LogP) is 2.25. The lowest BCUT2D eigenvalue weighted by atomic mass is 10.2. The monoisotopic (exact) mass is 346 g/mol. The highest BCUT2D eigenvalue weighted by molar-refractivity contribution is 5.94. The summed E-state index contributed by atoms with van der Waals surface area (Å²) >= 11 is 0. The van der Waals surface area contributed by atoms with Crippen LogP contribution in [-0.4, -0.2) is 47.5 Å². The van der Waals surface area contributed by atoms with Crippen LogP contribution in [0.1, 0.15) is 19.3 Å². The van der Waals surface area contributed by atoms with E-state index >= 15 is 0 Å². The molecule has 1 aromatic carbocycles. The third kappa shape index (κ3) is 4.80. The average Bonchev–Trinajstić information content (AvgIpc) is 3.21. The number of hydrogen-bond donors (Lipinski definition) is 2. The number of carbonyl (C=O) groups is 2. The van der Waals surface area contributed by atoms with E-state index in [4.69, 9.17) is 14.6 Å². The van der Waals surface area contributed by atoms with Gasteiger partial charge in [-0.3, -0.25) is 9.59 Å². The Morgan fingerprint density at radius 1 is 1.36 bits per heavy atom. The fraction of sp³-hybridized carbons (Fsp3) is 0.444. The lowest BCUT2D eigenvalue weighted by Gasteiger charge is -2.10. The normalized spacial score (nSPS) is 17.0. The number of rotatable bonds is 8. The molecule has 1 unspecified atom stereocenters. The van der Waals surface area contributed by atoms with Gasteiger partial charge in [0.25, 0.3) is 0 Å². The molecule has 0 aliphatic carbocycles. The van der Waals surface area contributed by atoms with Crippen LogP contribution in [0.25, 0.3) is 10.9 Å². The number of carboxylic acid groups (broad SMARTS) is 1. The van der Waals surface area contributed by atoms with E-state index in [1.165, 1.54) is 0 Å². The molecule has 0 saturated carbocycles. The van der Waals surface area contributed by atoms with Crippen molar-refractivity contribution in [2.45, 2.75) is 31.9 Å². The molecule has 1 aromatic heterocycles. The SMILES string of the molecule is O=C(O)Cn1ccc2cc(NC(=O)CCOCC3CCCO3)ccc21. The molecule has 1 aliphatic heterocycles. The van der Waals surface area contributed by atoms with Crippen molar-refractivity contribution >= 4 is 28.5 Å². The lowest BCUT2D eigenvalue weighted by molar-refractivity contribution is -0.137. The first kappa shape index (κ1) is 17.4. The highest BCUT2D eigenvalue weighted by Gasteiger charge is 2.15. The van der Waals surface area contributed by atoms with Crippen molar-refractivity contribution < 1.29 is 24.2 Å². The largest absolute Gasteiger partial charge is 0.480 e. The van der Waals surface area contributed by atoms with Crippen molar-refractivity contribution in [1.29, 1.82) is 0 Å². The van der Waals surface area contributed by atoms with Gasteiger partial charge in [0, 0.05) is 29.4 Å². The van der Waals surface area contributed by atoms with Crippen LogP contribution >= 0.6 is 0 Å². The summed E-state index contributed by atoms with van der Waals surface area (Å²) in [6, 6.07) is 7.24. The van der Waals surface area contributed by atoms with E-state index in [1.54, 1.807) is 16.8 Å². The van der Waals surface area contributed by atoms with Gasteiger partial charge in [0.05, 0.1) is 25.7 Å². The number of hydrogen-bond acceptors (Lipinski definition) is 4. The summed E-state index contributed by atoms with van der Waals surface area (Å²) in [5, 5.41) is 12.6. The molecule has 2 aromatic rings. The van der Waals surface area contributed by atoms with Gasteiger partial charge in [-0.05, 0) is 37.1 Å². The topological polar surface area (TPSA) is 89.8 Å². The molecule has 1 fully saturated rings. The van der Waals surface area contributed by atoms with Crippen molar-refractivity contribution in [3.05, 3.63) is 30.5 Å². The number of aromatic nitrogens is 1. The smallest absolute Gasteiger partial charge is 0.323 e. The van der Waals surface area contributed by atoms with E-state index in [1.807, 2.05) is 18.2 Å². The summed E-state index contributed by atoms with van der Waals surface area (Å²) in [6.07, 6.45) is 4.27. The second-order valence-electron chi connectivity index (χ2n) is 6.12. The fourth-order valence-corrected chi connectivity index (χ4v) is 2.94. The Labute approximate surface area is 145 Å². The summed E-state index contributed by atoms with van der Waals surface area (Å²) in [4.78, 5) is 22.8. The molecule has 2 heterocycles. The maximum absolute atomic E-state index is 12.0. The zero-order valence-corrected chi connectivity index (χ0v) is 13.9. The second kappa shape index (κ2) is 8.13. The van der Waals surface area contributed by atoms with E-state index in [0.717, 1.165) is 30.4 Å². The zero-order chi connectivity index (χ0) is 17.6. The fourth-order valence-electron chi connectivity index (χ4n) is 2.94. The quantitative estimate of drug-likeness (QED) is 0.716. The second-order valence-corrected chi connectivity index (χ2v) is 6.12. The van der Waals surface area contributed by atoms with E-state index in [2.05, 4.69) is 5.32 Å². The van der Waals surface area contributed by atoms with Crippen LogP contribution in [0.3, 0.4) is 0 Å². The van der Waals surface area contributed by atoms with Crippen LogP contribution in [0.4, 0.5) is 5.69 Å². The van der Waals surface area contributed by atoms with E-state index in [0.29, 0.717) is 18.9 Å². The summed E-state index contributed by atoms with van der Waals surface area (Å²) in [6.45, 7) is 1.61. The van der Waals surface area contributed by atoms with Crippen LogP contribution in [0.2, 0.25) is 0 Å². The van der Waals surface area contributed by atoms with Crippen molar-refractivity contribution in [3.63, 3.8) is 0 Å². The van der Waals surface area contributed by atoms with Crippen molar-refractivity contribution in [1.82, 2.24) is 4.57 Å². The van der Waals surface area contributed by atoms with Crippen LogP contribution in [-0.2, 0) is 25.6 Å². The molecule has 0 bridgehead atoms. The molecule has 1 amide bonds. The van der Waals surface area contributed by atoms with Gasteiger partial charge in [0.1, 0.15) is 6.54 Å². The van der Waals surface area contributed by atoms with Gasteiger partial charge < -0.3 is 24.5 Å². The molecular weight excluding hydrogens is 324 g/mol. The Balaban J connectivity index is 1.48. The molecule has 7 nitrogen and oxygen atoms in total. The van der Waals surface area contributed by atoms with Crippen molar-refractivity contribution in [2.75, 3.05) is 25.1 Å².